The van der Waals surface area contributed by atoms with Crippen molar-refractivity contribution in [1.29, 1.82) is 0 Å². The number of nitrogens with zero attached hydrogens (tertiary/aromatic N) is 4. The maximum atomic E-state index is 12.6. The highest BCUT2D eigenvalue weighted by molar-refractivity contribution is 7.99. The molecule has 1 N–H and O–H groups in total. The van der Waals surface area contributed by atoms with Crippen LogP contribution in [-0.2, 0) is 14.8 Å². The van der Waals surface area contributed by atoms with Gasteiger partial charge in [0, 0.05) is 19.8 Å². The van der Waals surface area contributed by atoms with Gasteiger partial charge in [-0.15, -0.1) is 10.2 Å². The first-order valence-corrected chi connectivity index (χ1v) is 12.0. The second kappa shape index (κ2) is 9.21. The van der Waals surface area contributed by atoms with Crippen molar-refractivity contribution in [2.24, 2.45) is 0 Å². The molecule has 1 aromatic heterocycles. The van der Waals surface area contributed by atoms with E-state index >= 15 is 0 Å². The van der Waals surface area contributed by atoms with E-state index in [9.17, 15) is 13.2 Å². The van der Waals surface area contributed by atoms with E-state index < -0.39 is 10.0 Å². The van der Waals surface area contributed by atoms with Crippen molar-refractivity contribution in [2.75, 3.05) is 25.2 Å². The summed E-state index contributed by atoms with van der Waals surface area (Å²) in [5.74, 6) is -0.157. The highest BCUT2D eigenvalue weighted by Gasteiger charge is 2.19. The maximum Gasteiger partial charge on any atom is 0.242 e. The number of rotatable bonds is 7. The van der Waals surface area contributed by atoms with Crippen LogP contribution in [0.25, 0.3) is 5.69 Å². The summed E-state index contributed by atoms with van der Waals surface area (Å²) in [5, 5.41) is 11.5. The summed E-state index contributed by atoms with van der Waals surface area (Å²) in [6, 6.07) is 10.8. The lowest BCUT2D eigenvalue weighted by atomic mass is 10.1. The summed E-state index contributed by atoms with van der Waals surface area (Å²) in [4.78, 5) is 12.7. The zero-order valence-corrected chi connectivity index (χ0v) is 19.7. The average Bonchev–Trinajstić information content (AvgIpc) is 3.16. The Morgan fingerprint density at radius 2 is 1.84 bits per heavy atom. The number of carbonyl (C=O) groups excluding carboxylic acids is 1. The van der Waals surface area contributed by atoms with Crippen LogP contribution in [0.3, 0.4) is 0 Å². The number of aromatic nitrogens is 3. The Morgan fingerprint density at radius 3 is 2.52 bits per heavy atom. The van der Waals surface area contributed by atoms with Crippen LogP contribution in [0.5, 0.6) is 0 Å². The van der Waals surface area contributed by atoms with Crippen molar-refractivity contribution in [3.05, 3.63) is 59.4 Å². The summed E-state index contributed by atoms with van der Waals surface area (Å²) >= 11 is 1.26. The third-order valence-electron chi connectivity index (χ3n) is 4.72. The normalized spacial score (nSPS) is 11.7. The molecule has 1 amide bonds. The molecule has 0 spiro atoms. The third kappa shape index (κ3) is 5.15. The lowest BCUT2D eigenvalue weighted by molar-refractivity contribution is -0.113. The molecule has 0 atom stereocenters. The molecule has 0 aliphatic rings. The molecule has 3 aromatic rings. The number of carbonyl (C=O) groups is 1. The number of benzene rings is 2. The van der Waals surface area contributed by atoms with Crippen molar-refractivity contribution in [2.45, 2.75) is 30.8 Å². The van der Waals surface area contributed by atoms with E-state index in [1.165, 1.54) is 38.0 Å². The van der Waals surface area contributed by atoms with Crippen molar-refractivity contribution in [3.8, 4) is 5.69 Å². The standard InChI is InChI=1S/C21H25N5O3S2/c1-14-6-9-19(16(3)10-14)26-13-22-24-21(26)30-12-20(27)23-18-11-17(8-7-15(18)2)31(28,29)25(4)5/h6-11,13H,12H2,1-5H3,(H,23,27). The zero-order valence-electron chi connectivity index (χ0n) is 18.1. The molecule has 31 heavy (non-hydrogen) atoms. The van der Waals surface area contributed by atoms with Gasteiger partial charge < -0.3 is 5.32 Å². The van der Waals surface area contributed by atoms with Crippen LogP contribution in [0.1, 0.15) is 16.7 Å². The summed E-state index contributed by atoms with van der Waals surface area (Å²) in [7, 11) is -0.651. The molecule has 0 radical (unpaired) electrons. The van der Waals surface area contributed by atoms with E-state index in [4.69, 9.17) is 0 Å². The topological polar surface area (TPSA) is 97.2 Å². The van der Waals surface area contributed by atoms with E-state index in [0.29, 0.717) is 10.8 Å². The van der Waals surface area contributed by atoms with Crippen LogP contribution in [0, 0.1) is 20.8 Å². The lowest BCUT2D eigenvalue weighted by Crippen LogP contribution is -2.22. The monoisotopic (exact) mass is 459 g/mol. The first kappa shape index (κ1) is 23.0. The minimum absolute atomic E-state index is 0.105. The maximum absolute atomic E-state index is 12.6. The molecule has 1 heterocycles. The van der Waals surface area contributed by atoms with Gasteiger partial charge in [0.25, 0.3) is 0 Å². The fourth-order valence-corrected chi connectivity index (χ4v) is 4.64. The Labute approximate surface area is 186 Å². The summed E-state index contributed by atoms with van der Waals surface area (Å²) in [6.45, 7) is 5.86. The molecule has 0 bridgehead atoms. The number of nitrogens with one attached hydrogen (secondary N) is 1. The van der Waals surface area contributed by atoms with E-state index in [2.05, 4.69) is 21.6 Å². The number of amides is 1. The van der Waals surface area contributed by atoms with Gasteiger partial charge in [-0.05, 0) is 50.1 Å². The highest BCUT2D eigenvalue weighted by atomic mass is 32.2. The molecule has 0 fully saturated rings. The molecule has 164 valence electrons. The van der Waals surface area contributed by atoms with E-state index in [1.807, 2.05) is 37.5 Å². The van der Waals surface area contributed by atoms with Crippen LogP contribution in [0.15, 0.2) is 52.8 Å². The molecule has 10 heteroatoms. The number of hydrogen-bond acceptors (Lipinski definition) is 6. The third-order valence-corrected chi connectivity index (χ3v) is 7.48. The molecular weight excluding hydrogens is 434 g/mol. The Kier molecular flexibility index (Phi) is 6.83. The molecule has 3 rings (SSSR count). The van der Waals surface area contributed by atoms with Gasteiger partial charge in [-0.2, -0.15) is 0 Å². The smallest absolute Gasteiger partial charge is 0.242 e. The minimum atomic E-state index is -3.59. The van der Waals surface area contributed by atoms with Gasteiger partial charge >= 0.3 is 0 Å². The molecule has 2 aromatic carbocycles. The van der Waals surface area contributed by atoms with Gasteiger partial charge in [-0.25, -0.2) is 12.7 Å². The van der Waals surface area contributed by atoms with Gasteiger partial charge in [0.2, 0.25) is 15.9 Å². The highest BCUT2D eigenvalue weighted by Crippen LogP contribution is 2.25. The van der Waals surface area contributed by atoms with Crippen LogP contribution >= 0.6 is 11.8 Å². The van der Waals surface area contributed by atoms with Crippen molar-refractivity contribution in [1.82, 2.24) is 19.1 Å². The molecule has 0 aliphatic heterocycles. The first-order valence-electron chi connectivity index (χ1n) is 9.53. The van der Waals surface area contributed by atoms with Gasteiger partial charge in [0.1, 0.15) is 6.33 Å². The minimum Gasteiger partial charge on any atom is -0.325 e. The first-order chi connectivity index (χ1) is 14.6. The fraction of sp³-hybridized carbons (Fsp3) is 0.286. The number of sulfonamides is 1. The number of thioether (sulfide) groups is 1. The van der Waals surface area contributed by atoms with Crippen LogP contribution in [0.4, 0.5) is 5.69 Å². The number of anilines is 1. The zero-order chi connectivity index (χ0) is 22.8. The lowest BCUT2D eigenvalue weighted by Gasteiger charge is -2.14. The van der Waals surface area contributed by atoms with Crippen LogP contribution < -0.4 is 5.32 Å². The van der Waals surface area contributed by atoms with Gasteiger partial charge in [-0.3, -0.25) is 9.36 Å². The second-order valence-corrected chi connectivity index (χ2v) is 10.5. The summed E-state index contributed by atoms with van der Waals surface area (Å²) < 4.78 is 27.7. The van der Waals surface area contributed by atoms with E-state index in [0.717, 1.165) is 26.7 Å². The molecule has 0 saturated heterocycles. The molecule has 8 nitrogen and oxygen atoms in total. The Bertz CT molecular complexity index is 1220. The molecule has 0 saturated carbocycles. The summed E-state index contributed by atoms with van der Waals surface area (Å²) in [6.07, 6.45) is 1.62. The van der Waals surface area contributed by atoms with Crippen LogP contribution in [0.2, 0.25) is 0 Å². The number of aryl methyl sites for hydroxylation is 3. The second-order valence-electron chi connectivity index (χ2n) is 7.37. The predicted molar refractivity (Wildman–Crippen MR) is 122 cm³/mol. The SMILES string of the molecule is Cc1ccc(-n2cnnc2SCC(=O)Nc2cc(S(=O)(=O)N(C)C)ccc2C)c(C)c1. The fourth-order valence-electron chi connectivity index (χ4n) is 2.99. The average molecular weight is 460 g/mol. The van der Waals surface area contributed by atoms with Crippen molar-refractivity contribution in [3.63, 3.8) is 0 Å². The van der Waals surface area contributed by atoms with Gasteiger partial charge in [0.15, 0.2) is 5.16 Å². The van der Waals surface area contributed by atoms with E-state index in [-0.39, 0.29) is 16.6 Å². The molecule has 0 aliphatic carbocycles. The van der Waals surface area contributed by atoms with Crippen molar-refractivity contribution < 1.29 is 13.2 Å². The summed E-state index contributed by atoms with van der Waals surface area (Å²) in [5.41, 5.74) is 4.44. The largest absolute Gasteiger partial charge is 0.325 e. The number of hydrogen-bond donors (Lipinski definition) is 1. The van der Waals surface area contributed by atoms with Crippen molar-refractivity contribution >= 4 is 33.4 Å². The Morgan fingerprint density at radius 1 is 1.10 bits per heavy atom. The quantitative estimate of drug-likeness (QED) is 0.545. The Balaban J connectivity index is 1.73. The predicted octanol–water partition coefficient (Wildman–Crippen LogP) is 3.17. The molecule has 0 unspecified atom stereocenters. The van der Waals surface area contributed by atoms with Gasteiger partial charge in [0.05, 0.1) is 16.3 Å². The van der Waals surface area contributed by atoms with Gasteiger partial charge in [-0.1, -0.05) is 35.5 Å². The Hall–Kier alpha value is -2.69. The van der Waals surface area contributed by atoms with Crippen LogP contribution in [-0.4, -0.2) is 53.2 Å². The molecular formula is C21H25N5O3S2. The van der Waals surface area contributed by atoms with E-state index in [1.54, 1.807) is 12.4 Å².